The summed E-state index contributed by atoms with van der Waals surface area (Å²) in [6, 6.07) is 42.8. The Hall–Kier alpha value is -2.22. The molecule has 4 heteroatoms. The molecule has 0 saturated heterocycles. The van der Waals surface area contributed by atoms with Crippen LogP contribution in [-0.4, -0.2) is 9.52 Å². The molecular weight excluding hydrogens is 767 g/mol. The van der Waals surface area contributed by atoms with Crippen molar-refractivity contribution in [3.63, 3.8) is 0 Å². The number of unbranched alkanes of at least 4 members (excludes halogenated alkanes) is 6. The quantitative estimate of drug-likeness (QED) is 0.0655. The summed E-state index contributed by atoms with van der Waals surface area (Å²) in [5.74, 6) is 0. The second-order valence-electron chi connectivity index (χ2n) is 14.7. The topological polar surface area (TPSA) is 0 Å². The normalized spacial score (nSPS) is 10.8. The Kier molecular flexibility index (Phi) is 20.6. The molecule has 0 aromatic heterocycles. The summed E-state index contributed by atoms with van der Waals surface area (Å²) in [7, 11) is 11.0. The van der Waals surface area contributed by atoms with Crippen molar-refractivity contribution in [2.75, 3.05) is 0 Å². The van der Waals surface area contributed by atoms with Crippen molar-refractivity contribution in [1.29, 1.82) is 0 Å². The maximum absolute atomic E-state index is 4.93. The first kappa shape index (κ1) is 44.2. The van der Waals surface area contributed by atoms with Gasteiger partial charge in [-0.2, -0.15) is 18.2 Å². The number of rotatable bonds is 12. The van der Waals surface area contributed by atoms with Crippen molar-refractivity contribution < 1.29 is 20.8 Å². The third kappa shape index (κ3) is 14.2. The summed E-state index contributed by atoms with van der Waals surface area (Å²) in [5.41, 5.74) is 9.91. The fraction of sp³-hybridized carbons (Fsp3) is 0.375. The number of fused-ring (bicyclic) bond motifs is 2. The van der Waals surface area contributed by atoms with Crippen LogP contribution in [0.2, 0.25) is 13.1 Å². The Balaban J connectivity index is 0.000000254. The Morgan fingerprint density at radius 3 is 1.69 bits per heavy atom. The van der Waals surface area contributed by atoms with Crippen molar-refractivity contribution in [2.45, 2.75) is 117 Å². The molecule has 6 rings (SSSR count). The molecule has 0 aliphatic carbocycles. The average Bonchev–Trinajstić information content (AvgIpc) is 3.80. The van der Waals surface area contributed by atoms with Crippen LogP contribution in [0.1, 0.15) is 103 Å². The van der Waals surface area contributed by atoms with Crippen molar-refractivity contribution in [3.05, 3.63) is 132 Å². The van der Waals surface area contributed by atoms with E-state index in [0.717, 1.165) is 9.52 Å². The predicted molar refractivity (Wildman–Crippen MR) is 234 cm³/mol. The van der Waals surface area contributed by atoms with E-state index < -0.39 is 20.8 Å². The van der Waals surface area contributed by atoms with Gasteiger partial charge in [0.05, 0.1) is 0 Å². The molecule has 0 aliphatic rings. The van der Waals surface area contributed by atoms with E-state index in [1.165, 1.54) is 125 Å². The first-order valence-corrected chi connectivity index (χ1v) is 27.6. The summed E-state index contributed by atoms with van der Waals surface area (Å²) < 4.78 is 0. The van der Waals surface area contributed by atoms with Gasteiger partial charge in [0.25, 0.3) is 0 Å². The monoisotopic (exact) mass is 824 g/mol. The van der Waals surface area contributed by atoms with E-state index in [1.54, 1.807) is 0 Å². The minimum atomic E-state index is -0.826. The van der Waals surface area contributed by atoms with Gasteiger partial charge in [-0.05, 0) is 46.9 Å². The van der Waals surface area contributed by atoms with Crippen molar-refractivity contribution >= 4 is 48.1 Å². The van der Waals surface area contributed by atoms with E-state index in [9.17, 15) is 0 Å². The van der Waals surface area contributed by atoms with Gasteiger partial charge in [0.1, 0.15) is 0 Å². The molecule has 0 atom stereocenters. The number of hydrogen-bond donors (Lipinski definition) is 0. The molecular formula is C48H60Cl2SiZr. The molecule has 0 unspecified atom stereocenters. The van der Waals surface area contributed by atoms with E-state index in [2.05, 4.69) is 163 Å². The van der Waals surface area contributed by atoms with Gasteiger partial charge < -0.3 is 0 Å². The maximum atomic E-state index is 4.93. The minimum absolute atomic E-state index is 0.213. The van der Waals surface area contributed by atoms with Crippen molar-refractivity contribution in [1.82, 2.24) is 0 Å². The van der Waals surface area contributed by atoms with Gasteiger partial charge in [-0.15, -0.1) is 63.5 Å². The molecule has 0 saturated carbocycles. The zero-order chi connectivity index (χ0) is 37.8. The van der Waals surface area contributed by atoms with Crippen LogP contribution < -0.4 is 0 Å². The Labute approximate surface area is 338 Å². The van der Waals surface area contributed by atoms with Crippen LogP contribution in [0.5, 0.6) is 0 Å². The average molecular weight is 827 g/mol. The molecule has 0 nitrogen and oxygen atoms in total. The standard InChI is InChI=1S/C27H35.C19H19.C2H6Si.2ClH.Zr/c1-3-5-7-9-12-22-16-18-24(19-17-22)26-15-11-14-25-20-23(21-27(25)26)13-10-8-6-4-2;1-19(2,3)16-12-10-15(11-13-16)18-9-5-7-14-6-4-8-17(14)18;1-3-2;;;/h11,14-21H,3-10,12-13H2,1-2H3;4-13H,1-3H3;1-2H3;2*1H;/q2*-1;;;;+4/p-2. The summed E-state index contributed by atoms with van der Waals surface area (Å²) in [4.78, 5) is 0. The van der Waals surface area contributed by atoms with Crippen molar-refractivity contribution in [2.24, 2.45) is 0 Å². The Morgan fingerprint density at radius 1 is 0.615 bits per heavy atom. The van der Waals surface area contributed by atoms with Crippen LogP contribution in [-0.2, 0) is 39.1 Å². The van der Waals surface area contributed by atoms with Gasteiger partial charge in [0.15, 0.2) is 0 Å². The van der Waals surface area contributed by atoms with Gasteiger partial charge in [0.2, 0.25) is 0 Å². The van der Waals surface area contributed by atoms with E-state index in [0.29, 0.717) is 0 Å². The molecule has 274 valence electrons. The Morgan fingerprint density at radius 2 is 1.13 bits per heavy atom. The molecule has 0 heterocycles. The second-order valence-corrected chi connectivity index (χ2v) is 19.5. The number of hydrogen-bond acceptors (Lipinski definition) is 0. The summed E-state index contributed by atoms with van der Waals surface area (Å²) in [5, 5.41) is 5.46. The van der Waals surface area contributed by atoms with Crippen LogP contribution in [0.3, 0.4) is 0 Å². The summed E-state index contributed by atoms with van der Waals surface area (Å²) in [6.45, 7) is 15.6. The van der Waals surface area contributed by atoms with Gasteiger partial charge >= 0.3 is 37.9 Å². The second kappa shape index (κ2) is 24.2. The van der Waals surface area contributed by atoms with Crippen molar-refractivity contribution in [3.8, 4) is 22.3 Å². The molecule has 0 amide bonds. The third-order valence-electron chi connectivity index (χ3n) is 9.45. The van der Waals surface area contributed by atoms with E-state index in [-0.39, 0.29) is 5.41 Å². The van der Waals surface area contributed by atoms with Gasteiger partial charge in [-0.1, -0.05) is 164 Å². The molecule has 0 aliphatic heterocycles. The van der Waals surface area contributed by atoms with Crippen LogP contribution in [0, 0.1) is 0 Å². The summed E-state index contributed by atoms with van der Waals surface area (Å²) >= 11 is -0.826. The zero-order valence-corrected chi connectivity index (χ0v) is 37.8. The Bertz CT molecular complexity index is 1820. The molecule has 0 N–H and O–H groups in total. The molecule has 52 heavy (non-hydrogen) atoms. The van der Waals surface area contributed by atoms with Gasteiger partial charge in [0, 0.05) is 9.52 Å². The molecule has 0 bridgehead atoms. The van der Waals surface area contributed by atoms with Crippen LogP contribution in [0.25, 0.3) is 43.8 Å². The number of halogens is 2. The SMILES string of the molecule is CC(C)(C)c1ccc(-c2cccc3[cH-]ccc23)cc1.CCCCCCc1ccc(-c2cccc3[cH-]c(CCCCCC)cc23)cc1.C[Si]C.[Cl][Zr+2][Cl]. The molecule has 0 fully saturated rings. The fourth-order valence-electron chi connectivity index (χ4n) is 6.62. The fourth-order valence-corrected chi connectivity index (χ4v) is 6.62. The van der Waals surface area contributed by atoms with E-state index >= 15 is 0 Å². The number of benzene rings is 4. The van der Waals surface area contributed by atoms with Crippen LogP contribution >= 0.6 is 17.0 Å². The molecule has 0 spiro atoms. The molecule has 2 radical (unpaired) electrons. The van der Waals surface area contributed by atoms with Gasteiger partial charge in [-0.3, -0.25) is 0 Å². The summed E-state index contributed by atoms with van der Waals surface area (Å²) in [6.07, 6.45) is 13.1. The number of aryl methyl sites for hydroxylation is 2. The predicted octanol–water partition coefficient (Wildman–Crippen LogP) is 16.2. The first-order valence-electron chi connectivity index (χ1n) is 19.3. The van der Waals surface area contributed by atoms with Gasteiger partial charge in [-0.25, -0.2) is 0 Å². The zero-order valence-electron chi connectivity index (χ0n) is 32.8. The van der Waals surface area contributed by atoms with Crippen LogP contribution in [0.4, 0.5) is 0 Å². The first-order chi connectivity index (χ1) is 25.2. The van der Waals surface area contributed by atoms with E-state index in [1.807, 2.05) is 0 Å². The molecule has 6 aromatic carbocycles. The van der Waals surface area contributed by atoms with E-state index in [4.69, 9.17) is 17.0 Å². The molecule has 6 aromatic rings. The van der Waals surface area contributed by atoms with Crippen LogP contribution in [0.15, 0.2) is 115 Å². The third-order valence-corrected chi connectivity index (χ3v) is 9.45.